The number of hydrogen-bond acceptors (Lipinski definition) is 2. The van der Waals surface area contributed by atoms with Crippen LogP contribution in [0.5, 0.6) is 0 Å². The van der Waals surface area contributed by atoms with Crippen molar-refractivity contribution in [3.8, 4) is 0 Å². The van der Waals surface area contributed by atoms with Crippen LogP contribution in [-0.2, 0) is 16.0 Å². The van der Waals surface area contributed by atoms with Gasteiger partial charge in [-0.05, 0) is 43.9 Å². The van der Waals surface area contributed by atoms with Crippen molar-refractivity contribution in [2.75, 3.05) is 11.4 Å². The number of rotatable bonds is 6. The second-order valence-corrected chi connectivity index (χ2v) is 6.53. The van der Waals surface area contributed by atoms with Gasteiger partial charge in [0, 0.05) is 18.7 Å². The van der Waals surface area contributed by atoms with Crippen molar-refractivity contribution in [1.29, 1.82) is 0 Å². The lowest BCUT2D eigenvalue weighted by Gasteiger charge is -2.24. The van der Waals surface area contributed by atoms with Crippen molar-refractivity contribution in [1.82, 2.24) is 5.32 Å². The molecule has 0 saturated carbocycles. The van der Waals surface area contributed by atoms with Gasteiger partial charge in [-0.3, -0.25) is 14.5 Å². The number of anilines is 1. The van der Waals surface area contributed by atoms with E-state index < -0.39 is 6.04 Å². The molecule has 1 aliphatic heterocycles. The molecule has 1 N–H and O–H groups in total. The molecule has 0 spiro atoms. The van der Waals surface area contributed by atoms with E-state index in [0.717, 1.165) is 24.1 Å². The van der Waals surface area contributed by atoms with Crippen LogP contribution in [0.1, 0.15) is 30.4 Å². The topological polar surface area (TPSA) is 49.4 Å². The van der Waals surface area contributed by atoms with E-state index in [4.69, 9.17) is 0 Å². The molecule has 1 aliphatic rings. The number of aryl methyl sites for hydroxylation is 2. The van der Waals surface area contributed by atoms with Gasteiger partial charge >= 0.3 is 0 Å². The van der Waals surface area contributed by atoms with Gasteiger partial charge in [0.15, 0.2) is 0 Å². The average Bonchev–Trinajstić information content (AvgIpc) is 3.02. The molecule has 0 aromatic heterocycles. The summed E-state index contributed by atoms with van der Waals surface area (Å²) < 4.78 is 0. The number of carbonyl (C=O) groups is 2. The van der Waals surface area contributed by atoms with Gasteiger partial charge in [0.05, 0.1) is 0 Å². The van der Waals surface area contributed by atoms with E-state index in [1.54, 1.807) is 4.90 Å². The fraction of sp³-hybridized carbons (Fsp3) is 0.333. The van der Waals surface area contributed by atoms with Crippen molar-refractivity contribution >= 4 is 17.5 Å². The average molecular weight is 336 g/mol. The lowest BCUT2D eigenvalue weighted by atomic mass is 10.1. The first-order valence-corrected chi connectivity index (χ1v) is 8.85. The Morgan fingerprint density at radius 2 is 1.84 bits per heavy atom. The Hall–Kier alpha value is -2.62. The Balaban J connectivity index is 1.55. The Kier molecular flexibility index (Phi) is 5.49. The number of benzene rings is 2. The molecule has 1 unspecified atom stereocenters. The molecule has 4 heteroatoms. The molecule has 2 amide bonds. The first-order valence-electron chi connectivity index (χ1n) is 8.85. The number of carbonyl (C=O) groups excluding carboxylic acids is 2. The quantitative estimate of drug-likeness (QED) is 0.823. The van der Waals surface area contributed by atoms with Gasteiger partial charge in [-0.15, -0.1) is 0 Å². The molecular formula is C21H24N2O2. The lowest BCUT2D eigenvalue weighted by molar-refractivity contribution is -0.123. The van der Waals surface area contributed by atoms with Crippen LogP contribution in [0.2, 0.25) is 0 Å². The predicted octanol–water partition coefficient (Wildman–Crippen LogP) is 3.24. The fourth-order valence-corrected chi connectivity index (χ4v) is 3.23. The maximum absolute atomic E-state index is 12.5. The zero-order chi connectivity index (χ0) is 17.6. The van der Waals surface area contributed by atoms with E-state index in [9.17, 15) is 9.59 Å². The number of hydrogen-bond donors (Lipinski definition) is 1. The van der Waals surface area contributed by atoms with Crippen LogP contribution < -0.4 is 10.2 Å². The summed E-state index contributed by atoms with van der Waals surface area (Å²) in [5, 5.41) is 2.99. The van der Waals surface area contributed by atoms with Gasteiger partial charge in [0.25, 0.3) is 0 Å². The molecular weight excluding hydrogens is 312 g/mol. The van der Waals surface area contributed by atoms with Crippen LogP contribution in [0.4, 0.5) is 5.69 Å². The van der Waals surface area contributed by atoms with Gasteiger partial charge in [-0.25, -0.2) is 0 Å². The van der Waals surface area contributed by atoms with E-state index in [2.05, 4.69) is 17.4 Å². The third-order valence-electron chi connectivity index (χ3n) is 4.61. The van der Waals surface area contributed by atoms with Crippen LogP contribution in [0.15, 0.2) is 54.6 Å². The highest BCUT2D eigenvalue weighted by molar-refractivity contribution is 6.03. The molecule has 1 heterocycles. The third-order valence-corrected chi connectivity index (χ3v) is 4.61. The van der Waals surface area contributed by atoms with Crippen LogP contribution in [-0.4, -0.2) is 24.4 Å². The van der Waals surface area contributed by atoms with Gasteiger partial charge < -0.3 is 5.32 Å². The summed E-state index contributed by atoms with van der Waals surface area (Å²) in [6, 6.07) is 17.6. The smallest absolute Gasteiger partial charge is 0.243 e. The van der Waals surface area contributed by atoms with Gasteiger partial charge in [-0.1, -0.05) is 48.0 Å². The zero-order valence-electron chi connectivity index (χ0n) is 14.6. The second-order valence-electron chi connectivity index (χ2n) is 6.53. The largest absolute Gasteiger partial charge is 0.354 e. The second kappa shape index (κ2) is 7.97. The van der Waals surface area contributed by atoms with Crippen LogP contribution in [0, 0.1) is 6.92 Å². The normalized spacial score (nSPS) is 16.9. The summed E-state index contributed by atoms with van der Waals surface area (Å²) in [6.45, 7) is 2.63. The van der Waals surface area contributed by atoms with Crippen molar-refractivity contribution in [2.24, 2.45) is 0 Å². The highest BCUT2D eigenvalue weighted by Gasteiger charge is 2.36. The molecule has 1 atom stereocenters. The molecule has 1 saturated heterocycles. The van der Waals surface area contributed by atoms with E-state index in [-0.39, 0.29) is 11.8 Å². The molecule has 25 heavy (non-hydrogen) atoms. The zero-order valence-corrected chi connectivity index (χ0v) is 14.6. The molecule has 0 bridgehead atoms. The molecule has 0 aliphatic carbocycles. The number of amides is 2. The summed E-state index contributed by atoms with van der Waals surface area (Å²) in [6.07, 6.45) is 2.83. The van der Waals surface area contributed by atoms with Crippen LogP contribution >= 0.6 is 0 Å². The lowest BCUT2D eigenvalue weighted by Crippen LogP contribution is -2.45. The SMILES string of the molecule is Cc1ccc(N2C(=O)CCC2C(=O)NCCCc2ccccc2)cc1. The maximum Gasteiger partial charge on any atom is 0.243 e. The van der Waals surface area contributed by atoms with E-state index >= 15 is 0 Å². The summed E-state index contributed by atoms with van der Waals surface area (Å²) >= 11 is 0. The minimum absolute atomic E-state index is 0.0216. The fourth-order valence-electron chi connectivity index (χ4n) is 3.23. The Morgan fingerprint density at radius 3 is 2.56 bits per heavy atom. The molecule has 1 fully saturated rings. The maximum atomic E-state index is 12.5. The first kappa shape index (κ1) is 17.2. The molecule has 3 rings (SSSR count). The van der Waals surface area contributed by atoms with Gasteiger partial charge in [-0.2, -0.15) is 0 Å². The minimum atomic E-state index is -0.396. The summed E-state index contributed by atoms with van der Waals surface area (Å²) in [7, 11) is 0. The Morgan fingerprint density at radius 1 is 1.12 bits per heavy atom. The number of nitrogens with zero attached hydrogens (tertiary/aromatic N) is 1. The van der Waals surface area contributed by atoms with E-state index in [1.165, 1.54) is 5.56 Å². The Labute approximate surface area is 148 Å². The minimum Gasteiger partial charge on any atom is -0.354 e. The first-order chi connectivity index (χ1) is 12.1. The molecule has 2 aromatic rings. The van der Waals surface area contributed by atoms with Gasteiger partial charge in [0.2, 0.25) is 11.8 Å². The molecule has 2 aromatic carbocycles. The van der Waals surface area contributed by atoms with Crippen molar-refractivity contribution in [3.63, 3.8) is 0 Å². The number of nitrogens with one attached hydrogen (secondary N) is 1. The summed E-state index contributed by atoms with van der Waals surface area (Å²) in [4.78, 5) is 26.4. The third kappa shape index (κ3) is 4.27. The monoisotopic (exact) mass is 336 g/mol. The van der Waals surface area contributed by atoms with Crippen LogP contribution in [0.3, 0.4) is 0 Å². The van der Waals surface area contributed by atoms with Crippen molar-refractivity contribution < 1.29 is 9.59 Å². The summed E-state index contributed by atoms with van der Waals surface area (Å²) in [5.74, 6) is -0.0345. The highest BCUT2D eigenvalue weighted by Crippen LogP contribution is 2.27. The van der Waals surface area contributed by atoms with Crippen LogP contribution in [0.25, 0.3) is 0 Å². The Bertz CT molecular complexity index is 725. The molecule has 130 valence electrons. The van der Waals surface area contributed by atoms with Gasteiger partial charge in [0.1, 0.15) is 6.04 Å². The van der Waals surface area contributed by atoms with Crippen molar-refractivity contribution in [3.05, 3.63) is 65.7 Å². The summed E-state index contributed by atoms with van der Waals surface area (Å²) in [5.41, 5.74) is 3.21. The molecule has 0 radical (unpaired) electrons. The highest BCUT2D eigenvalue weighted by atomic mass is 16.2. The predicted molar refractivity (Wildman–Crippen MR) is 99.5 cm³/mol. The van der Waals surface area contributed by atoms with Crippen molar-refractivity contribution in [2.45, 2.75) is 38.6 Å². The van der Waals surface area contributed by atoms with E-state index in [1.807, 2.05) is 49.4 Å². The standard InChI is InChI=1S/C21H24N2O2/c1-16-9-11-18(12-10-16)23-19(13-14-20(23)24)21(25)22-15-5-8-17-6-3-2-4-7-17/h2-4,6-7,9-12,19H,5,8,13-15H2,1H3,(H,22,25). The van der Waals surface area contributed by atoms with E-state index in [0.29, 0.717) is 19.4 Å². The molecule has 4 nitrogen and oxygen atoms in total.